The topological polar surface area (TPSA) is 18.8 Å². The Balaban J connectivity index is 2.37. The second kappa shape index (κ2) is 8.60. The molecule has 0 unspecified atom stereocenters. The predicted octanol–water partition coefficient (Wildman–Crippen LogP) is 5.33. The summed E-state index contributed by atoms with van der Waals surface area (Å²) in [5.41, 5.74) is 3.60. The highest BCUT2D eigenvalue weighted by molar-refractivity contribution is 8.23. The van der Waals surface area contributed by atoms with Gasteiger partial charge < -0.3 is 9.80 Å². The van der Waals surface area contributed by atoms with Gasteiger partial charge in [-0.25, -0.2) is 4.99 Å². The lowest BCUT2D eigenvalue weighted by atomic mass is 9.96. The lowest BCUT2D eigenvalue weighted by Crippen LogP contribution is -2.45. The van der Waals surface area contributed by atoms with E-state index in [1.165, 1.54) is 11.3 Å². The molecule has 25 heavy (non-hydrogen) atoms. The van der Waals surface area contributed by atoms with Crippen molar-refractivity contribution in [3.63, 3.8) is 0 Å². The molecule has 0 spiro atoms. The quantitative estimate of drug-likeness (QED) is 0.507. The first kappa shape index (κ1) is 20.3. The van der Waals surface area contributed by atoms with Gasteiger partial charge >= 0.3 is 0 Å². The minimum atomic E-state index is 0.211. The number of benzene rings is 1. The van der Waals surface area contributed by atoms with Gasteiger partial charge in [0.1, 0.15) is 4.32 Å². The van der Waals surface area contributed by atoms with Crippen LogP contribution in [0.3, 0.4) is 0 Å². The molecule has 1 aromatic carbocycles. The summed E-state index contributed by atoms with van der Waals surface area (Å²) in [7, 11) is 4.12. The van der Waals surface area contributed by atoms with E-state index in [1.54, 1.807) is 23.5 Å². The van der Waals surface area contributed by atoms with Crippen LogP contribution in [0.5, 0.6) is 0 Å². The lowest BCUT2D eigenvalue weighted by molar-refractivity contribution is 0.348. The number of nitrogens with zero attached hydrogens (tertiary/aromatic N) is 3. The first-order chi connectivity index (χ1) is 11.7. The Kier molecular flexibility index (Phi) is 7.00. The summed E-state index contributed by atoms with van der Waals surface area (Å²) < 4.78 is 0.875. The fourth-order valence-electron chi connectivity index (χ4n) is 2.64. The highest BCUT2D eigenvalue weighted by Crippen LogP contribution is 2.36. The number of aliphatic imine (C=N–C) groups is 1. The molecule has 1 saturated heterocycles. The summed E-state index contributed by atoms with van der Waals surface area (Å²) >= 11 is 9.11. The van der Waals surface area contributed by atoms with E-state index in [0.29, 0.717) is 0 Å². The Morgan fingerprint density at radius 3 is 2.84 bits per heavy atom. The first-order valence-electron chi connectivity index (χ1n) is 8.29. The van der Waals surface area contributed by atoms with Gasteiger partial charge in [0.05, 0.1) is 5.69 Å². The van der Waals surface area contributed by atoms with E-state index in [2.05, 4.69) is 69.4 Å². The summed E-state index contributed by atoms with van der Waals surface area (Å²) in [6.07, 6.45) is 1.89. The van der Waals surface area contributed by atoms with Crippen molar-refractivity contribution >= 4 is 56.6 Å². The molecule has 1 fully saturated rings. The maximum absolute atomic E-state index is 5.67. The van der Waals surface area contributed by atoms with Crippen LogP contribution in [0.2, 0.25) is 0 Å². The molecule has 0 aliphatic carbocycles. The standard InChI is InChI=1S/C19H27N3S3/c1-7-11-24-18(23)22-12-19(3,4)13-25-17(22)20-15-9-8-10-16(14(15)2)21(5)6/h7-10H,1,11-13H2,2-6H3. The molecule has 2 rings (SSSR count). The number of anilines is 1. The zero-order valence-electron chi connectivity index (χ0n) is 15.7. The zero-order valence-corrected chi connectivity index (χ0v) is 18.2. The number of hydrogen-bond donors (Lipinski definition) is 0. The van der Waals surface area contributed by atoms with Crippen LogP contribution >= 0.6 is 35.7 Å². The van der Waals surface area contributed by atoms with Crippen LogP contribution in [-0.2, 0) is 0 Å². The van der Waals surface area contributed by atoms with Crippen LogP contribution in [-0.4, -0.2) is 46.5 Å². The van der Waals surface area contributed by atoms with Gasteiger partial charge in [-0.1, -0.05) is 61.7 Å². The van der Waals surface area contributed by atoms with Crippen molar-refractivity contribution in [3.05, 3.63) is 36.4 Å². The highest BCUT2D eigenvalue weighted by atomic mass is 32.2. The Bertz CT molecular complexity index is 680. The highest BCUT2D eigenvalue weighted by Gasteiger charge is 2.33. The van der Waals surface area contributed by atoms with Crippen molar-refractivity contribution in [2.75, 3.05) is 37.0 Å². The molecule has 0 atom stereocenters. The number of rotatable bonds is 4. The third-order valence-electron chi connectivity index (χ3n) is 3.93. The molecule has 0 saturated carbocycles. The largest absolute Gasteiger partial charge is 0.377 e. The van der Waals surface area contributed by atoms with Crippen molar-refractivity contribution in [1.29, 1.82) is 0 Å². The Labute approximate surface area is 166 Å². The fraction of sp³-hybridized carbons (Fsp3) is 0.474. The zero-order chi connectivity index (χ0) is 18.6. The average molecular weight is 394 g/mol. The van der Waals surface area contributed by atoms with Crippen molar-refractivity contribution in [2.45, 2.75) is 20.8 Å². The lowest BCUT2D eigenvalue weighted by Gasteiger charge is -2.39. The van der Waals surface area contributed by atoms with Gasteiger partial charge in [-0.15, -0.1) is 6.58 Å². The minimum absolute atomic E-state index is 0.211. The Hall–Kier alpha value is -0.980. The van der Waals surface area contributed by atoms with E-state index in [4.69, 9.17) is 17.2 Å². The third-order valence-corrected chi connectivity index (χ3v) is 6.87. The maximum Gasteiger partial charge on any atom is 0.169 e. The van der Waals surface area contributed by atoms with Crippen LogP contribution < -0.4 is 4.90 Å². The smallest absolute Gasteiger partial charge is 0.169 e. The molecule has 0 radical (unpaired) electrons. The summed E-state index contributed by atoms with van der Waals surface area (Å²) in [5, 5.41) is 1.000. The normalized spacial score (nSPS) is 18.3. The van der Waals surface area contributed by atoms with E-state index in [1.807, 2.05) is 6.08 Å². The van der Waals surface area contributed by atoms with Gasteiger partial charge in [-0.2, -0.15) is 0 Å². The van der Waals surface area contributed by atoms with Crippen molar-refractivity contribution in [1.82, 2.24) is 4.90 Å². The molecule has 6 heteroatoms. The van der Waals surface area contributed by atoms with Gasteiger partial charge in [0.15, 0.2) is 5.17 Å². The van der Waals surface area contributed by atoms with Gasteiger partial charge in [0.2, 0.25) is 0 Å². The number of amidine groups is 1. The van der Waals surface area contributed by atoms with Crippen LogP contribution in [0.25, 0.3) is 0 Å². The van der Waals surface area contributed by atoms with Crippen molar-refractivity contribution < 1.29 is 0 Å². The summed E-state index contributed by atoms with van der Waals surface area (Å²) in [6.45, 7) is 11.4. The molecule has 0 amide bonds. The molecule has 1 heterocycles. The summed E-state index contributed by atoms with van der Waals surface area (Å²) in [5.74, 6) is 1.87. The van der Waals surface area contributed by atoms with Crippen LogP contribution in [0, 0.1) is 12.3 Å². The molecular formula is C19H27N3S3. The van der Waals surface area contributed by atoms with Crippen LogP contribution in [0.1, 0.15) is 19.4 Å². The van der Waals surface area contributed by atoms with E-state index in [-0.39, 0.29) is 5.41 Å². The predicted molar refractivity (Wildman–Crippen MR) is 121 cm³/mol. The molecule has 3 nitrogen and oxygen atoms in total. The fourth-order valence-corrected chi connectivity index (χ4v) is 4.77. The van der Waals surface area contributed by atoms with Crippen molar-refractivity contribution in [3.8, 4) is 0 Å². The molecule has 1 aliphatic rings. The van der Waals surface area contributed by atoms with Gasteiger partial charge in [-0.05, 0) is 30.0 Å². The Morgan fingerprint density at radius 1 is 1.48 bits per heavy atom. The molecule has 0 aromatic heterocycles. The molecule has 1 aliphatic heterocycles. The van der Waals surface area contributed by atoms with Gasteiger partial charge in [0, 0.05) is 37.8 Å². The van der Waals surface area contributed by atoms with E-state index in [0.717, 1.165) is 33.2 Å². The average Bonchev–Trinajstić information content (AvgIpc) is 2.55. The second-order valence-electron chi connectivity index (χ2n) is 7.11. The third kappa shape index (κ3) is 5.25. The molecule has 136 valence electrons. The monoisotopic (exact) mass is 393 g/mol. The maximum atomic E-state index is 5.67. The summed E-state index contributed by atoms with van der Waals surface area (Å²) in [4.78, 5) is 9.31. The van der Waals surface area contributed by atoms with Crippen LogP contribution in [0.15, 0.2) is 35.8 Å². The molecular weight excluding hydrogens is 366 g/mol. The molecule has 0 bridgehead atoms. The molecule has 0 N–H and O–H groups in total. The second-order valence-corrected chi connectivity index (χ2v) is 9.71. The van der Waals surface area contributed by atoms with Gasteiger partial charge in [0.25, 0.3) is 0 Å². The van der Waals surface area contributed by atoms with E-state index >= 15 is 0 Å². The number of hydrogen-bond acceptors (Lipinski definition) is 5. The van der Waals surface area contributed by atoms with Gasteiger partial charge in [-0.3, -0.25) is 0 Å². The van der Waals surface area contributed by atoms with E-state index in [9.17, 15) is 0 Å². The summed E-state index contributed by atoms with van der Waals surface area (Å²) in [6, 6.07) is 6.26. The van der Waals surface area contributed by atoms with Crippen molar-refractivity contribution in [2.24, 2.45) is 10.4 Å². The SMILES string of the molecule is C=CCSC(=S)N1CC(C)(C)CSC1=Nc1cccc(N(C)C)c1C. The Morgan fingerprint density at radius 2 is 2.20 bits per heavy atom. The first-order valence-corrected chi connectivity index (χ1v) is 10.7. The number of thiocarbonyl (C=S) groups is 1. The van der Waals surface area contributed by atoms with E-state index < -0.39 is 0 Å². The number of thioether (sulfide) groups is 2. The molecule has 1 aromatic rings. The minimum Gasteiger partial charge on any atom is -0.377 e. The van der Waals surface area contributed by atoms with Crippen LogP contribution in [0.4, 0.5) is 11.4 Å².